The molecule has 1 heterocycles. The molecule has 0 unspecified atom stereocenters. The highest BCUT2D eigenvalue weighted by atomic mass is 127. The molecule has 0 aliphatic rings. The van der Waals surface area contributed by atoms with Crippen LogP contribution in [0.2, 0.25) is 0 Å². The Kier molecular flexibility index (Phi) is 9.20. The normalized spacial score (nSPS) is 10.8. The first-order chi connectivity index (χ1) is 13.7. The number of guanidine groups is 1. The maximum Gasteiger partial charge on any atom is 0.191 e. The van der Waals surface area contributed by atoms with Gasteiger partial charge in [-0.05, 0) is 17.7 Å². The van der Waals surface area contributed by atoms with Crippen LogP contribution in [0.15, 0.2) is 58.9 Å². The molecule has 0 fully saturated rings. The zero-order valence-corrected chi connectivity index (χ0v) is 19.8. The van der Waals surface area contributed by atoms with Gasteiger partial charge in [-0.15, -0.1) is 35.3 Å². The number of aliphatic imine (C=N–C) groups is 1. The standard InChI is InChI=1S/C21H24N4O2S.HI/c1-22-21(23-12-15-9-10-18(26-2)19(11-15)27-3)24-13-17-14-28-20(25-17)16-7-5-4-6-8-16;/h4-11,14H,12-13H2,1-3H3,(H2,22,23,24);1H. The Hall–Kier alpha value is -2.33. The van der Waals surface area contributed by atoms with E-state index < -0.39 is 0 Å². The number of rotatable bonds is 7. The molecule has 6 nitrogen and oxygen atoms in total. The van der Waals surface area contributed by atoms with E-state index in [0.29, 0.717) is 30.5 Å². The first-order valence-electron chi connectivity index (χ1n) is 8.88. The second-order valence-electron chi connectivity index (χ2n) is 5.98. The lowest BCUT2D eigenvalue weighted by atomic mass is 10.2. The fourth-order valence-corrected chi connectivity index (χ4v) is 3.50. The minimum atomic E-state index is 0. The molecule has 0 saturated carbocycles. The smallest absolute Gasteiger partial charge is 0.191 e. The van der Waals surface area contributed by atoms with E-state index in [9.17, 15) is 0 Å². The van der Waals surface area contributed by atoms with Crippen molar-refractivity contribution in [1.82, 2.24) is 15.6 Å². The van der Waals surface area contributed by atoms with Gasteiger partial charge in [-0.25, -0.2) is 4.98 Å². The van der Waals surface area contributed by atoms with Gasteiger partial charge in [0.1, 0.15) is 5.01 Å². The summed E-state index contributed by atoms with van der Waals surface area (Å²) in [5.41, 5.74) is 3.19. The van der Waals surface area contributed by atoms with Crippen LogP contribution in [0.25, 0.3) is 10.6 Å². The van der Waals surface area contributed by atoms with Gasteiger partial charge < -0.3 is 20.1 Å². The Morgan fingerprint density at radius 1 is 1.00 bits per heavy atom. The van der Waals surface area contributed by atoms with E-state index in [1.54, 1.807) is 32.6 Å². The Balaban J connectivity index is 0.00000300. The van der Waals surface area contributed by atoms with Crippen LogP contribution in [0.1, 0.15) is 11.3 Å². The third-order valence-corrected chi connectivity index (χ3v) is 5.08. The van der Waals surface area contributed by atoms with E-state index in [-0.39, 0.29) is 24.0 Å². The monoisotopic (exact) mass is 524 g/mol. The molecule has 0 spiro atoms. The van der Waals surface area contributed by atoms with Crippen LogP contribution in [-0.4, -0.2) is 32.2 Å². The lowest BCUT2D eigenvalue weighted by Crippen LogP contribution is -2.36. The summed E-state index contributed by atoms with van der Waals surface area (Å²) in [7, 11) is 5.01. The SMILES string of the molecule is CN=C(NCc1ccc(OC)c(OC)c1)NCc1csc(-c2ccccc2)n1.I. The molecule has 3 aromatic rings. The van der Waals surface area contributed by atoms with Gasteiger partial charge in [-0.1, -0.05) is 36.4 Å². The number of ether oxygens (including phenoxy) is 2. The highest BCUT2D eigenvalue weighted by Gasteiger charge is 2.07. The summed E-state index contributed by atoms with van der Waals surface area (Å²) < 4.78 is 10.6. The van der Waals surface area contributed by atoms with Crippen molar-refractivity contribution in [2.45, 2.75) is 13.1 Å². The van der Waals surface area contributed by atoms with Gasteiger partial charge in [0.15, 0.2) is 17.5 Å². The first-order valence-corrected chi connectivity index (χ1v) is 9.76. The number of hydrogen-bond donors (Lipinski definition) is 2. The molecule has 3 rings (SSSR count). The summed E-state index contributed by atoms with van der Waals surface area (Å²) >= 11 is 1.64. The van der Waals surface area contributed by atoms with Crippen LogP contribution in [0.4, 0.5) is 0 Å². The van der Waals surface area contributed by atoms with E-state index >= 15 is 0 Å². The number of thiazole rings is 1. The lowest BCUT2D eigenvalue weighted by molar-refractivity contribution is 0.354. The van der Waals surface area contributed by atoms with E-state index in [2.05, 4.69) is 38.1 Å². The number of methoxy groups -OCH3 is 2. The van der Waals surface area contributed by atoms with Crippen LogP contribution in [-0.2, 0) is 13.1 Å². The highest BCUT2D eigenvalue weighted by molar-refractivity contribution is 14.0. The zero-order valence-electron chi connectivity index (χ0n) is 16.6. The molecular formula is C21H25IN4O2S. The van der Waals surface area contributed by atoms with E-state index in [4.69, 9.17) is 9.47 Å². The van der Waals surface area contributed by atoms with E-state index in [1.807, 2.05) is 36.4 Å². The maximum atomic E-state index is 5.35. The number of hydrogen-bond acceptors (Lipinski definition) is 5. The summed E-state index contributed by atoms with van der Waals surface area (Å²) in [5.74, 6) is 2.14. The number of benzene rings is 2. The molecule has 0 bridgehead atoms. The molecule has 8 heteroatoms. The van der Waals surface area contributed by atoms with Gasteiger partial charge >= 0.3 is 0 Å². The topological polar surface area (TPSA) is 67.8 Å². The van der Waals surface area contributed by atoms with Crippen LogP contribution in [0.5, 0.6) is 11.5 Å². The summed E-state index contributed by atoms with van der Waals surface area (Å²) in [6, 6.07) is 16.0. The largest absolute Gasteiger partial charge is 0.493 e. The van der Waals surface area contributed by atoms with Crippen LogP contribution < -0.4 is 20.1 Å². The molecule has 0 amide bonds. The Labute approximate surface area is 192 Å². The number of nitrogens with one attached hydrogen (secondary N) is 2. The predicted molar refractivity (Wildman–Crippen MR) is 130 cm³/mol. The van der Waals surface area contributed by atoms with Gasteiger partial charge in [-0.3, -0.25) is 4.99 Å². The van der Waals surface area contributed by atoms with Crippen molar-refractivity contribution in [3.8, 4) is 22.1 Å². The first kappa shape index (κ1) is 23.0. The van der Waals surface area contributed by atoms with Crippen molar-refractivity contribution in [1.29, 1.82) is 0 Å². The van der Waals surface area contributed by atoms with Crippen molar-refractivity contribution in [2.75, 3.05) is 21.3 Å². The number of nitrogens with zero attached hydrogens (tertiary/aromatic N) is 2. The molecule has 2 aromatic carbocycles. The quantitative estimate of drug-likeness (QED) is 0.274. The van der Waals surface area contributed by atoms with Gasteiger partial charge in [0.2, 0.25) is 0 Å². The maximum absolute atomic E-state index is 5.35. The second-order valence-corrected chi connectivity index (χ2v) is 6.84. The molecule has 0 aliphatic heterocycles. The summed E-state index contributed by atoms with van der Waals surface area (Å²) in [6.07, 6.45) is 0. The van der Waals surface area contributed by atoms with Crippen molar-refractivity contribution in [3.63, 3.8) is 0 Å². The molecule has 154 valence electrons. The summed E-state index contributed by atoms with van der Waals surface area (Å²) in [6.45, 7) is 1.22. The molecule has 0 atom stereocenters. The van der Waals surface area contributed by atoms with Crippen molar-refractivity contribution < 1.29 is 9.47 Å². The summed E-state index contributed by atoms with van der Waals surface area (Å²) in [4.78, 5) is 8.96. The third-order valence-electron chi connectivity index (χ3n) is 4.14. The number of halogens is 1. The van der Waals surface area contributed by atoms with E-state index in [1.165, 1.54) is 0 Å². The van der Waals surface area contributed by atoms with Gasteiger partial charge in [0, 0.05) is 24.5 Å². The van der Waals surface area contributed by atoms with Crippen LogP contribution in [0.3, 0.4) is 0 Å². The zero-order chi connectivity index (χ0) is 19.8. The summed E-state index contributed by atoms with van der Waals surface area (Å²) in [5, 5.41) is 9.69. The minimum Gasteiger partial charge on any atom is -0.493 e. The molecule has 1 aromatic heterocycles. The lowest BCUT2D eigenvalue weighted by Gasteiger charge is -2.13. The molecule has 29 heavy (non-hydrogen) atoms. The molecule has 0 saturated heterocycles. The molecule has 2 N–H and O–H groups in total. The Bertz CT molecular complexity index is 931. The molecule has 0 radical (unpaired) electrons. The average molecular weight is 524 g/mol. The predicted octanol–water partition coefficient (Wildman–Crippen LogP) is 4.31. The fourth-order valence-electron chi connectivity index (χ4n) is 2.67. The van der Waals surface area contributed by atoms with Gasteiger partial charge in [0.25, 0.3) is 0 Å². The Morgan fingerprint density at radius 3 is 2.41 bits per heavy atom. The molecular weight excluding hydrogens is 499 g/mol. The van der Waals surface area contributed by atoms with Crippen LogP contribution >= 0.6 is 35.3 Å². The average Bonchev–Trinajstić information content (AvgIpc) is 3.23. The van der Waals surface area contributed by atoms with Crippen molar-refractivity contribution in [3.05, 3.63) is 65.2 Å². The highest BCUT2D eigenvalue weighted by Crippen LogP contribution is 2.27. The molecule has 0 aliphatic carbocycles. The fraction of sp³-hybridized carbons (Fsp3) is 0.238. The van der Waals surface area contributed by atoms with Crippen LogP contribution in [0, 0.1) is 0 Å². The van der Waals surface area contributed by atoms with Gasteiger partial charge in [-0.2, -0.15) is 0 Å². The minimum absolute atomic E-state index is 0. The Morgan fingerprint density at radius 2 is 1.72 bits per heavy atom. The van der Waals surface area contributed by atoms with E-state index in [0.717, 1.165) is 21.8 Å². The van der Waals surface area contributed by atoms with Crippen molar-refractivity contribution >= 4 is 41.3 Å². The third kappa shape index (κ3) is 6.33. The second kappa shape index (κ2) is 11.6. The van der Waals surface area contributed by atoms with Crippen molar-refractivity contribution in [2.24, 2.45) is 4.99 Å². The van der Waals surface area contributed by atoms with Gasteiger partial charge in [0.05, 0.1) is 26.5 Å². The number of aromatic nitrogens is 1.